The zero-order valence-electron chi connectivity index (χ0n) is 9.73. The van der Waals surface area contributed by atoms with E-state index in [1.54, 1.807) is 31.2 Å². The molecule has 2 rings (SSSR count). The Morgan fingerprint density at radius 1 is 1.17 bits per heavy atom. The van der Waals surface area contributed by atoms with E-state index in [-0.39, 0.29) is 0 Å². The monoisotopic (exact) mass is 266 g/mol. The van der Waals surface area contributed by atoms with Gasteiger partial charge in [0.2, 0.25) is 0 Å². The minimum atomic E-state index is -0.821. The van der Waals surface area contributed by atoms with E-state index in [9.17, 15) is 9.50 Å². The van der Waals surface area contributed by atoms with Gasteiger partial charge in [0.1, 0.15) is 17.3 Å². The second kappa shape index (κ2) is 5.38. The van der Waals surface area contributed by atoms with Crippen molar-refractivity contribution >= 4 is 11.6 Å². The van der Waals surface area contributed by atoms with E-state index >= 15 is 0 Å². The molecule has 2 aromatic carbocycles. The van der Waals surface area contributed by atoms with Crippen LogP contribution < -0.4 is 4.74 Å². The van der Waals surface area contributed by atoms with E-state index < -0.39 is 11.9 Å². The second-order valence-corrected chi connectivity index (χ2v) is 4.30. The number of halogens is 2. The Hall–Kier alpha value is -1.58. The number of para-hydroxylation sites is 1. The first-order chi connectivity index (χ1) is 8.58. The van der Waals surface area contributed by atoms with Crippen LogP contribution >= 0.6 is 11.6 Å². The molecule has 4 heteroatoms. The number of hydrogen-bond acceptors (Lipinski definition) is 2. The molecule has 0 saturated carbocycles. The van der Waals surface area contributed by atoms with E-state index in [1.807, 2.05) is 0 Å². The Balaban J connectivity index is 2.37. The van der Waals surface area contributed by atoms with Crippen LogP contribution in [0.5, 0.6) is 11.5 Å². The Morgan fingerprint density at radius 3 is 2.56 bits per heavy atom. The van der Waals surface area contributed by atoms with Crippen molar-refractivity contribution in [1.82, 2.24) is 0 Å². The highest BCUT2D eigenvalue weighted by Gasteiger charge is 2.12. The van der Waals surface area contributed by atoms with Gasteiger partial charge in [0.25, 0.3) is 0 Å². The molecule has 1 atom stereocenters. The number of ether oxygens (including phenoxy) is 1. The molecule has 2 aromatic rings. The summed E-state index contributed by atoms with van der Waals surface area (Å²) in [7, 11) is 0. The van der Waals surface area contributed by atoms with Crippen LogP contribution in [-0.4, -0.2) is 5.11 Å². The summed E-state index contributed by atoms with van der Waals surface area (Å²) in [5.74, 6) is 0.435. The topological polar surface area (TPSA) is 29.5 Å². The first-order valence-electron chi connectivity index (χ1n) is 5.48. The molecule has 0 aliphatic carbocycles. The molecule has 0 heterocycles. The molecule has 2 nitrogen and oxygen atoms in total. The maximum Gasteiger partial charge on any atom is 0.146 e. The number of benzene rings is 2. The summed E-state index contributed by atoms with van der Waals surface area (Å²) in [5.41, 5.74) is 0.384. The largest absolute Gasteiger partial charge is 0.455 e. The maximum absolute atomic E-state index is 13.1. The van der Waals surface area contributed by atoms with Crippen molar-refractivity contribution in [3.63, 3.8) is 0 Å². The van der Waals surface area contributed by atoms with Crippen LogP contribution in [0, 0.1) is 5.82 Å². The summed E-state index contributed by atoms with van der Waals surface area (Å²) >= 11 is 5.98. The van der Waals surface area contributed by atoms with E-state index in [0.717, 1.165) is 0 Å². The molecule has 0 saturated heterocycles. The average Bonchev–Trinajstić information content (AvgIpc) is 2.34. The van der Waals surface area contributed by atoms with Crippen LogP contribution in [0.15, 0.2) is 42.5 Å². The zero-order valence-corrected chi connectivity index (χ0v) is 10.5. The summed E-state index contributed by atoms with van der Waals surface area (Å²) in [4.78, 5) is 0. The number of rotatable bonds is 3. The molecule has 0 aromatic heterocycles. The van der Waals surface area contributed by atoms with Gasteiger partial charge in [-0.1, -0.05) is 23.7 Å². The lowest BCUT2D eigenvalue weighted by Gasteiger charge is -2.14. The van der Waals surface area contributed by atoms with Gasteiger partial charge in [0.05, 0.1) is 11.1 Å². The van der Waals surface area contributed by atoms with E-state index in [4.69, 9.17) is 16.3 Å². The molecular formula is C14H12ClFO2. The third kappa shape index (κ3) is 2.81. The second-order valence-electron chi connectivity index (χ2n) is 3.89. The lowest BCUT2D eigenvalue weighted by molar-refractivity contribution is 0.195. The Morgan fingerprint density at radius 2 is 1.89 bits per heavy atom. The van der Waals surface area contributed by atoms with Gasteiger partial charge in [-0.3, -0.25) is 0 Å². The van der Waals surface area contributed by atoms with Crippen molar-refractivity contribution < 1.29 is 14.2 Å². The van der Waals surface area contributed by atoms with Crippen molar-refractivity contribution in [2.45, 2.75) is 13.0 Å². The molecule has 0 bridgehead atoms. The fourth-order valence-corrected chi connectivity index (χ4v) is 1.76. The predicted molar refractivity (Wildman–Crippen MR) is 68.6 cm³/mol. The SMILES string of the molecule is C[C@H](O)c1cc(F)ccc1Oc1ccccc1Cl. The first kappa shape index (κ1) is 12.9. The third-order valence-electron chi connectivity index (χ3n) is 2.48. The predicted octanol–water partition coefficient (Wildman–Crippen LogP) is 4.32. The standard InChI is InChI=1S/C14H12ClFO2/c1-9(17)11-8-10(16)6-7-13(11)18-14-5-3-2-4-12(14)15/h2-9,17H,1H3/t9-/m0/s1. The van der Waals surface area contributed by atoms with Gasteiger partial charge in [0.15, 0.2) is 0 Å². The highest BCUT2D eigenvalue weighted by atomic mass is 35.5. The minimum Gasteiger partial charge on any atom is -0.455 e. The van der Waals surface area contributed by atoms with Crippen molar-refractivity contribution in [2.75, 3.05) is 0 Å². The normalized spacial score (nSPS) is 12.2. The van der Waals surface area contributed by atoms with Gasteiger partial charge in [0, 0.05) is 5.56 Å². The molecule has 94 valence electrons. The van der Waals surface area contributed by atoms with Crippen LogP contribution in [0.2, 0.25) is 5.02 Å². The molecular weight excluding hydrogens is 255 g/mol. The lowest BCUT2D eigenvalue weighted by atomic mass is 10.1. The number of aliphatic hydroxyl groups excluding tert-OH is 1. The first-order valence-corrected chi connectivity index (χ1v) is 5.85. The molecule has 0 unspecified atom stereocenters. The van der Waals surface area contributed by atoms with Gasteiger partial charge in [-0.15, -0.1) is 0 Å². The van der Waals surface area contributed by atoms with Gasteiger partial charge in [-0.25, -0.2) is 4.39 Å². The zero-order chi connectivity index (χ0) is 13.1. The highest BCUT2D eigenvalue weighted by Crippen LogP contribution is 2.33. The fraction of sp³-hybridized carbons (Fsp3) is 0.143. The summed E-state index contributed by atoms with van der Waals surface area (Å²) in [6.45, 7) is 1.55. The summed E-state index contributed by atoms with van der Waals surface area (Å²) in [6.07, 6.45) is -0.821. The molecule has 0 spiro atoms. The van der Waals surface area contributed by atoms with E-state index in [2.05, 4.69) is 0 Å². The Labute approximate surface area is 110 Å². The van der Waals surface area contributed by atoms with E-state index in [1.165, 1.54) is 18.2 Å². The van der Waals surface area contributed by atoms with Crippen molar-refractivity contribution in [3.8, 4) is 11.5 Å². The van der Waals surface area contributed by atoms with Crippen LogP contribution in [0.1, 0.15) is 18.6 Å². The maximum atomic E-state index is 13.1. The van der Waals surface area contributed by atoms with Crippen LogP contribution in [0.4, 0.5) is 4.39 Å². The third-order valence-corrected chi connectivity index (χ3v) is 2.79. The Kier molecular flexibility index (Phi) is 3.84. The summed E-state index contributed by atoms with van der Waals surface area (Å²) in [6, 6.07) is 11.0. The molecule has 0 amide bonds. The smallest absolute Gasteiger partial charge is 0.146 e. The van der Waals surface area contributed by atoms with E-state index in [0.29, 0.717) is 22.1 Å². The van der Waals surface area contributed by atoms with Crippen LogP contribution in [0.3, 0.4) is 0 Å². The van der Waals surface area contributed by atoms with Crippen molar-refractivity contribution in [2.24, 2.45) is 0 Å². The molecule has 0 radical (unpaired) electrons. The fourth-order valence-electron chi connectivity index (χ4n) is 1.58. The van der Waals surface area contributed by atoms with Gasteiger partial charge in [-0.05, 0) is 37.3 Å². The van der Waals surface area contributed by atoms with Crippen LogP contribution in [0.25, 0.3) is 0 Å². The van der Waals surface area contributed by atoms with Crippen molar-refractivity contribution in [3.05, 3.63) is 58.9 Å². The van der Waals surface area contributed by atoms with Gasteiger partial charge < -0.3 is 9.84 Å². The van der Waals surface area contributed by atoms with Crippen LogP contribution in [-0.2, 0) is 0 Å². The molecule has 0 fully saturated rings. The lowest BCUT2D eigenvalue weighted by Crippen LogP contribution is -1.97. The number of hydrogen-bond donors (Lipinski definition) is 1. The van der Waals surface area contributed by atoms with Gasteiger partial charge >= 0.3 is 0 Å². The Bertz CT molecular complexity index is 555. The molecule has 1 N–H and O–H groups in total. The molecule has 0 aliphatic heterocycles. The van der Waals surface area contributed by atoms with Gasteiger partial charge in [-0.2, -0.15) is 0 Å². The summed E-state index contributed by atoms with van der Waals surface area (Å²) < 4.78 is 18.7. The quantitative estimate of drug-likeness (QED) is 0.896. The molecule has 18 heavy (non-hydrogen) atoms. The highest BCUT2D eigenvalue weighted by molar-refractivity contribution is 6.32. The molecule has 0 aliphatic rings. The average molecular weight is 267 g/mol. The number of aliphatic hydroxyl groups is 1. The minimum absolute atomic E-state index is 0.384. The summed E-state index contributed by atoms with van der Waals surface area (Å²) in [5, 5.41) is 10.1. The van der Waals surface area contributed by atoms with Crippen molar-refractivity contribution in [1.29, 1.82) is 0 Å².